The number of H-pyrrole nitrogens is 1. The summed E-state index contributed by atoms with van der Waals surface area (Å²) in [6.45, 7) is 1.28. The van der Waals surface area contributed by atoms with Crippen molar-refractivity contribution in [3.63, 3.8) is 0 Å². The van der Waals surface area contributed by atoms with Gasteiger partial charge in [-0.3, -0.25) is 4.79 Å². The lowest BCUT2D eigenvalue weighted by molar-refractivity contribution is -0.141. The fourth-order valence-corrected chi connectivity index (χ4v) is 1.78. The highest BCUT2D eigenvalue weighted by Crippen LogP contribution is 2.19. The molecule has 18 heavy (non-hydrogen) atoms. The number of nitrogens with one attached hydrogen (secondary N) is 1. The van der Waals surface area contributed by atoms with Crippen LogP contribution in [-0.4, -0.2) is 35.1 Å². The van der Waals surface area contributed by atoms with E-state index in [9.17, 15) is 9.59 Å². The maximum atomic E-state index is 11.8. The molecule has 0 saturated heterocycles. The van der Waals surface area contributed by atoms with Crippen LogP contribution >= 0.6 is 0 Å². The van der Waals surface area contributed by atoms with Crippen LogP contribution in [-0.2, 0) is 9.53 Å². The number of ether oxygens (including phenoxy) is 1. The van der Waals surface area contributed by atoms with Gasteiger partial charge in [-0.1, -0.05) is 12.1 Å². The first-order valence-corrected chi connectivity index (χ1v) is 5.48. The zero-order valence-electron chi connectivity index (χ0n) is 9.90. The van der Waals surface area contributed by atoms with Crippen molar-refractivity contribution in [3.05, 3.63) is 35.5 Å². The zero-order valence-corrected chi connectivity index (χ0v) is 9.90. The third-order valence-electron chi connectivity index (χ3n) is 2.60. The minimum atomic E-state index is -1.09. The van der Waals surface area contributed by atoms with Crippen molar-refractivity contribution in [3.8, 4) is 0 Å². The number of hydrogen-bond donors (Lipinski definition) is 2. The highest BCUT2D eigenvalue weighted by Gasteiger charge is 2.12. The third-order valence-corrected chi connectivity index (χ3v) is 2.60. The van der Waals surface area contributed by atoms with Crippen LogP contribution in [0.15, 0.2) is 24.4 Å². The molecular weight excluding hydrogens is 234 g/mol. The van der Waals surface area contributed by atoms with E-state index in [4.69, 9.17) is 9.84 Å². The summed E-state index contributed by atoms with van der Waals surface area (Å²) < 4.78 is 4.79. The predicted octanol–water partition coefficient (Wildman–Crippen LogP) is 1.76. The number of Topliss-reactive ketones (excluding diaryl/α,β-unsaturated/α-hetero) is 1. The van der Waals surface area contributed by atoms with Gasteiger partial charge >= 0.3 is 5.97 Å². The van der Waals surface area contributed by atoms with E-state index in [2.05, 4.69) is 4.98 Å². The summed E-state index contributed by atoms with van der Waals surface area (Å²) in [6.07, 6.45) is 1.62. The Morgan fingerprint density at radius 2 is 2.11 bits per heavy atom. The Hall–Kier alpha value is -2.14. The Balaban J connectivity index is 2.15. The Kier molecular flexibility index (Phi) is 3.43. The number of aryl methyl sites for hydroxylation is 1. The second-order valence-electron chi connectivity index (χ2n) is 4.06. The number of carboxylic acids is 1. The number of benzene rings is 1. The quantitative estimate of drug-likeness (QED) is 0.789. The molecule has 0 bridgehead atoms. The molecule has 1 heterocycles. The first-order valence-electron chi connectivity index (χ1n) is 5.48. The molecule has 2 rings (SSSR count). The number of fused-ring (bicyclic) bond motifs is 1. The summed E-state index contributed by atoms with van der Waals surface area (Å²) in [5.41, 5.74) is 2.51. The summed E-state index contributed by atoms with van der Waals surface area (Å²) in [5, 5.41) is 9.24. The maximum absolute atomic E-state index is 11.8. The van der Waals surface area contributed by atoms with Crippen molar-refractivity contribution in [2.75, 3.05) is 13.2 Å². The smallest absolute Gasteiger partial charge is 0.329 e. The van der Waals surface area contributed by atoms with E-state index in [1.54, 1.807) is 6.20 Å². The van der Waals surface area contributed by atoms with E-state index in [1.165, 1.54) is 0 Å². The maximum Gasteiger partial charge on any atom is 0.329 e. The molecule has 0 aliphatic heterocycles. The predicted molar refractivity (Wildman–Crippen MR) is 65.8 cm³/mol. The zero-order chi connectivity index (χ0) is 13.1. The fourth-order valence-electron chi connectivity index (χ4n) is 1.78. The van der Waals surface area contributed by atoms with Crippen LogP contribution in [0.4, 0.5) is 0 Å². The lowest BCUT2D eigenvalue weighted by Gasteiger charge is -2.00. The molecule has 5 nitrogen and oxygen atoms in total. The lowest BCUT2D eigenvalue weighted by Crippen LogP contribution is -2.14. The number of hydrogen-bond acceptors (Lipinski definition) is 3. The van der Waals surface area contributed by atoms with Gasteiger partial charge in [-0.15, -0.1) is 0 Å². The summed E-state index contributed by atoms with van der Waals surface area (Å²) >= 11 is 0. The highest BCUT2D eigenvalue weighted by atomic mass is 16.5. The fraction of sp³-hybridized carbons (Fsp3) is 0.231. The summed E-state index contributed by atoms with van der Waals surface area (Å²) in [7, 11) is 0. The van der Waals surface area contributed by atoms with Gasteiger partial charge in [0.05, 0.1) is 0 Å². The van der Waals surface area contributed by atoms with Crippen molar-refractivity contribution in [2.45, 2.75) is 6.92 Å². The van der Waals surface area contributed by atoms with E-state index in [-0.39, 0.29) is 12.4 Å². The van der Waals surface area contributed by atoms with Gasteiger partial charge in [0.2, 0.25) is 0 Å². The average Bonchev–Trinajstić information content (AvgIpc) is 2.71. The van der Waals surface area contributed by atoms with Crippen molar-refractivity contribution in [1.82, 2.24) is 4.98 Å². The van der Waals surface area contributed by atoms with Crippen molar-refractivity contribution >= 4 is 22.7 Å². The molecule has 0 unspecified atom stereocenters. The van der Waals surface area contributed by atoms with E-state index in [1.807, 2.05) is 25.1 Å². The van der Waals surface area contributed by atoms with Gasteiger partial charge in [0.25, 0.3) is 0 Å². The van der Waals surface area contributed by atoms with Gasteiger partial charge in [-0.25, -0.2) is 4.79 Å². The van der Waals surface area contributed by atoms with Crippen LogP contribution in [0, 0.1) is 6.92 Å². The first kappa shape index (κ1) is 12.3. The molecule has 0 spiro atoms. The summed E-state index contributed by atoms with van der Waals surface area (Å²) in [5.74, 6) is -1.32. The Labute approximate surface area is 103 Å². The topological polar surface area (TPSA) is 79.4 Å². The van der Waals surface area contributed by atoms with Crippen molar-refractivity contribution < 1.29 is 19.4 Å². The van der Waals surface area contributed by atoms with E-state index >= 15 is 0 Å². The van der Waals surface area contributed by atoms with E-state index in [0.29, 0.717) is 5.56 Å². The summed E-state index contributed by atoms with van der Waals surface area (Å²) in [4.78, 5) is 25.1. The monoisotopic (exact) mass is 247 g/mol. The first-order chi connectivity index (χ1) is 8.58. The van der Waals surface area contributed by atoms with Crippen LogP contribution in [0.25, 0.3) is 10.9 Å². The van der Waals surface area contributed by atoms with Gasteiger partial charge in [0, 0.05) is 22.7 Å². The number of carboxylic acid groups (broad SMARTS) is 1. The molecule has 94 valence electrons. The van der Waals surface area contributed by atoms with Crippen LogP contribution in [0.3, 0.4) is 0 Å². The molecule has 0 aliphatic rings. The molecule has 2 aromatic rings. The normalized spacial score (nSPS) is 10.7. The molecule has 1 aromatic carbocycles. The van der Waals surface area contributed by atoms with Gasteiger partial charge in [-0.2, -0.15) is 0 Å². The lowest BCUT2D eigenvalue weighted by atomic mass is 10.1. The molecule has 0 fully saturated rings. The van der Waals surface area contributed by atoms with Crippen molar-refractivity contribution in [1.29, 1.82) is 0 Å². The number of aromatic amines is 1. The number of aliphatic carboxylic acids is 1. The Bertz CT molecular complexity index is 600. The average molecular weight is 247 g/mol. The highest BCUT2D eigenvalue weighted by molar-refractivity contribution is 6.08. The molecule has 2 N–H and O–H groups in total. The molecule has 0 radical (unpaired) electrons. The van der Waals surface area contributed by atoms with Gasteiger partial charge in [0.15, 0.2) is 5.78 Å². The Morgan fingerprint density at radius 1 is 1.33 bits per heavy atom. The van der Waals surface area contributed by atoms with E-state index in [0.717, 1.165) is 16.5 Å². The molecular formula is C13H13NO4. The number of carbonyl (C=O) groups is 2. The molecule has 1 aromatic heterocycles. The number of rotatable bonds is 5. The molecule has 0 atom stereocenters. The summed E-state index contributed by atoms with van der Waals surface area (Å²) in [6, 6.07) is 5.74. The van der Waals surface area contributed by atoms with Crippen LogP contribution in [0.1, 0.15) is 15.9 Å². The second-order valence-corrected chi connectivity index (χ2v) is 4.06. The van der Waals surface area contributed by atoms with Crippen molar-refractivity contribution in [2.24, 2.45) is 0 Å². The van der Waals surface area contributed by atoms with Crippen LogP contribution < -0.4 is 0 Å². The number of ketones is 1. The standard InChI is InChI=1S/C13H13NO4/c1-8-2-3-9-10(5-14-11(9)4-8)12(15)6-18-7-13(16)17/h2-5,14H,6-7H2,1H3,(H,16,17). The number of aromatic nitrogens is 1. The SMILES string of the molecule is Cc1ccc2c(C(=O)COCC(=O)O)c[nH]c2c1. The molecule has 0 amide bonds. The minimum absolute atomic E-state index is 0.229. The van der Waals surface area contributed by atoms with Crippen LogP contribution in [0.5, 0.6) is 0 Å². The van der Waals surface area contributed by atoms with E-state index < -0.39 is 12.6 Å². The van der Waals surface area contributed by atoms with Gasteiger partial charge < -0.3 is 14.8 Å². The largest absolute Gasteiger partial charge is 0.480 e. The van der Waals surface area contributed by atoms with Gasteiger partial charge in [0.1, 0.15) is 13.2 Å². The molecule has 5 heteroatoms. The Morgan fingerprint density at radius 3 is 2.83 bits per heavy atom. The third kappa shape index (κ3) is 2.57. The van der Waals surface area contributed by atoms with Gasteiger partial charge in [-0.05, 0) is 18.6 Å². The van der Waals surface area contributed by atoms with Crippen LogP contribution in [0.2, 0.25) is 0 Å². The minimum Gasteiger partial charge on any atom is -0.480 e. The second kappa shape index (κ2) is 5.01. The number of carbonyl (C=O) groups excluding carboxylic acids is 1. The molecule has 0 aliphatic carbocycles. The molecule has 0 saturated carbocycles.